The molecule has 0 radical (unpaired) electrons. The standard InChI is InChI=1S/C30H31ClN2O5S/c1-4-5-14-27-32-28(31)25(19-38-18-20-10-6-7-11-22(20)29(34)36-2)33(27)17-21-15-16-26(39-21)23-12-8-9-13-24(23)30(35)37-3/h6-13,15-16H,4-5,14,17-19H2,1-3H3. The molecular weight excluding hydrogens is 536 g/mol. The van der Waals surface area contributed by atoms with Crippen molar-refractivity contribution in [3.63, 3.8) is 0 Å². The average Bonchev–Trinajstić information content (AvgIpc) is 3.55. The van der Waals surface area contributed by atoms with E-state index in [4.69, 9.17) is 25.8 Å². The van der Waals surface area contributed by atoms with E-state index in [2.05, 4.69) is 22.5 Å². The van der Waals surface area contributed by atoms with E-state index in [-0.39, 0.29) is 19.2 Å². The van der Waals surface area contributed by atoms with Crippen molar-refractivity contribution in [3.05, 3.63) is 98.9 Å². The summed E-state index contributed by atoms with van der Waals surface area (Å²) in [7, 11) is 2.75. The van der Waals surface area contributed by atoms with Crippen LogP contribution in [0.5, 0.6) is 0 Å². The van der Waals surface area contributed by atoms with Gasteiger partial charge in [0.25, 0.3) is 0 Å². The third-order valence-electron chi connectivity index (χ3n) is 6.35. The van der Waals surface area contributed by atoms with Crippen molar-refractivity contribution in [2.45, 2.75) is 45.9 Å². The lowest BCUT2D eigenvalue weighted by Crippen LogP contribution is -2.11. The van der Waals surface area contributed by atoms with Crippen LogP contribution in [0, 0.1) is 0 Å². The summed E-state index contributed by atoms with van der Waals surface area (Å²) in [5.41, 5.74) is 3.36. The van der Waals surface area contributed by atoms with Gasteiger partial charge in [-0.1, -0.05) is 61.3 Å². The van der Waals surface area contributed by atoms with Crippen molar-refractivity contribution < 1.29 is 23.8 Å². The zero-order valence-electron chi connectivity index (χ0n) is 22.2. The summed E-state index contributed by atoms with van der Waals surface area (Å²) in [6, 6.07) is 18.7. The van der Waals surface area contributed by atoms with E-state index in [0.717, 1.165) is 51.7 Å². The first-order valence-electron chi connectivity index (χ1n) is 12.7. The van der Waals surface area contributed by atoms with Crippen LogP contribution in [0.25, 0.3) is 10.4 Å². The van der Waals surface area contributed by atoms with Crippen LogP contribution in [-0.4, -0.2) is 35.7 Å². The van der Waals surface area contributed by atoms with Gasteiger partial charge in [0.05, 0.1) is 50.8 Å². The van der Waals surface area contributed by atoms with Crippen molar-refractivity contribution in [2.75, 3.05) is 14.2 Å². The molecule has 0 N–H and O–H groups in total. The Morgan fingerprint density at radius 3 is 2.36 bits per heavy atom. The third-order valence-corrected chi connectivity index (χ3v) is 7.76. The molecule has 4 aromatic rings. The second-order valence-corrected chi connectivity index (χ2v) is 10.4. The monoisotopic (exact) mass is 566 g/mol. The Hall–Kier alpha value is -3.46. The molecule has 0 fully saturated rings. The molecule has 0 amide bonds. The largest absolute Gasteiger partial charge is 0.465 e. The fourth-order valence-electron chi connectivity index (χ4n) is 4.32. The van der Waals surface area contributed by atoms with Crippen LogP contribution in [0.2, 0.25) is 5.15 Å². The quantitative estimate of drug-likeness (QED) is 0.173. The lowest BCUT2D eigenvalue weighted by atomic mass is 10.1. The van der Waals surface area contributed by atoms with Gasteiger partial charge in [0.15, 0.2) is 5.15 Å². The van der Waals surface area contributed by atoms with Crippen molar-refractivity contribution >= 4 is 34.9 Å². The molecule has 9 heteroatoms. The number of hydrogen-bond acceptors (Lipinski definition) is 7. The summed E-state index contributed by atoms with van der Waals surface area (Å²) >= 11 is 8.23. The van der Waals surface area contributed by atoms with Gasteiger partial charge in [-0.25, -0.2) is 14.6 Å². The first-order chi connectivity index (χ1) is 19.0. The molecule has 0 aliphatic rings. The Morgan fingerprint density at radius 1 is 0.923 bits per heavy atom. The highest BCUT2D eigenvalue weighted by atomic mass is 35.5. The van der Waals surface area contributed by atoms with Gasteiger partial charge < -0.3 is 18.8 Å². The molecule has 0 spiro atoms. The summed E-state index contributed by atoms with van der Waals surface area (Å²) in [5, 5.41) is 0.412. The Labute approximate surface area is 237 Å². The van der Waals surface area contributed by atoms with Crippen LogP contribution in [0.15, 0.2) is 60.7 Å². The van der Waals surface area contributed by atoms with E-state index in [1.165, 1.54) is 14.2 Å². The highest BCUT2D eigenvalue weighted by Crippen LogP contribution is 2.32. The maximum atomic E-state index is 12.3. The minimum Gasteiger partial charge on any atom is -0.465 e. The second kappa shape index (κ2) is 13.6. The Kier molecular flexibility index (Phi) is 9.92. The maximum absolute atomic E-state index is 12.3. The van der Waals surface area contributed by atoms with Crippen LogP contribution >= 0.6 is 22.9 Å². The maximum Gasteiger partial charge on any atom is 0.338 e. The molecule has 0 atom stereocenters. The number of nitrogens with zero attached hydrogens (tertiary/aromatic N) is 2. The van der Waals surface area contributed by atoms with Crippen LogP contribution in [0.4, 0.5) is 0 Å². The molecule has 39 heavy (non-hydrogen) atoms. The van der Waals surface area contributed by atoms with Gasteiger partial charge >= 0.3 is 11.9 Å². The van der Waals surface area contributed by atoms with Gasteiger partial charge in [0, 0.05) is 21.7 Å². The number of unbranched alkanes of at least 4 members (excludes halogenated alkanes) is 1. The molecule has 0 saturated carbocycles. The number of benzene rings is 2. The summed E-state index contributed by atoms with van der Waals surface area (Å²) in [6.07, 6.45) is 2.82. The molecule has 7 nitrogen and oxygen atoms in total. The fourth-order valence-corrected chi connectivity index (χ4v) is 5.61. The first-order valence-corrected chi connectivity index (χ1v) is 13.9. The normalized spacial score (nSPS) is 11.0. The van der Waals surface area contributed by atoms with Crippen LogP contribution in [0.3, 0.4) is 0 Å². The Morgan fingerprint density at radius 2 is 1.62 bits per heavy atom. The summed E-state index contributed by atoms with van der Waals surface area (Å²) in [4.78, 5) is 31.1. The topological polar surface area (TPSA) is 79.7 Å². The van der Waals surface area contributed by atoms with Crippen molar-refractivity contribution in [1.29, 1.82) is 0 Å². The number of rotatable bonds is 12. The van der Waals surface area contributed by atoms with Gasteiger partial charge in [-0.05, 0) is 36.2 Å². The fraction of sp³-hybridized carbons (Fsp3) is 0.300. The second-order valence-electron chi connectivity index (χ2n) is 8.90. The predicted molar refractivity (Wildman–Crippen MR) is 152 cm³/mol. The van der Waals surface area contributed by atoms with Gasteiger partial charge in [-0.2, -0.15) is 0 Å². The molecule has 0 bridgehead atoms. The summed E-state index contributed by atoms with van der Waals surface area (Å²) < 4.78 is 18.0. The number of hydrogen-bond donors (Lipinski definition) is 0. The number of aromatic nitrogens is 2. The number of aryl methyl sites for hydroxylation is 1. The van der Waals surface area contributed by atoms with E-state index >= 15 is 0 Å². The number of imidazole rings is 1. The average molecular weight is 567 g/mol. The molecule has 0 aliphatic carbocycles. The first kappa shape index (κ1) is 28.5. The number of ether oxygens (including phenoxy) is 3. The highest BCUT2D eigenvalue weighted by molar-refractivity contribution is 7.15. The SMILES string of the molecule is CCCCc1nc(Cl)c(COCc2ccccc2C(=O)OC)n1Cc1ccc(-c2ccccc2C(=O)OC)s1. The van der Waals surface area contributed by atoms with Gasteiger partial charge in [0.1, 0.15) is 5.82 Å². The van der Waals surface area contributed by atoms with Gasteiger partial charge in [-0.3, -0.25) is 0 Å². The van der Waals surface area contributed by atoms with Gasteiger partial charge in [-0.15, -0.1) is 11.3 Å². The molecule has 0 saturated heterocycles. The minimum atomic E-state index is -0.401. The number of carbonyl (C=O) groups is 2. The molecule has 2 heterocycles. The molecule has 0 unspecified atom stereocenters. The molecule has 2 aromatic heterocycles. The van der Waals surface area contributed by atoms with Crippen LogP contribution in [0.1, 0.15) is 62.4 Å². The lowest BCUT2D eigenvalue weighted by Gasteiger charge is -2.13. The van der Waals surface area contributed by atoms with E-state index in [9.17, 15) is 9.59 Å². The predicted octanol–water partition coefficient (Wildman–Crippen LogP) is 6.95. The van der Waals surface area contributed by atoms with E-state index < -0.39 is 5.97 Å². The van der Waals surface area contributed by atoms with E-state index in [1.54, 1.807) is 29.5 Å². The van der Waals surface area contributed by atoms with E-state index in [1.807, 2.05) is 36.4 Å². The van der Waals surface area contributed by atoms with Crippen LogP contribution in [-0.2, 0) is 40.4 Å². The third kappa shape index (κ3) is 6.76. The van der Waals surface area contributed by atoms with Crippen molar-refractivity contribution in [3.8, 4) is 10.4 Å². The highest BCUT2D eigenvalue weighted by Gasteiger charge is 2.19. The minimum absolute atomic E-state index is 0.227. The number of methoxy groups -OCH3 is 2. The van der Waals surface area contributed by atoms with E-state index in [0.29, 0.717) is 22.8 Å². The van der Waals surface area contributed by atoms with Crippen molar-refractivity contribution in [2.24, 2.45) is 0 Å². The number of halogens is 1. The zero-order valence-corrected chi connectivity index (χ0v) is 23.8. The number of esters is 2. The number of carbonyl (C=O) groups excluding carboxylic acids is 2. The molecule has 4 rings (SSSR count). The van der Waals surface area contributed by atoms with Gasteiger partial charge in [0.2, 0.25) is 0 Å². The smallest absolute Gasteiger partial charge is 0.338 e. The molecule has 204 valence electrons. The summed E-state index contributed by atoms with van der Waals surface area (Å²) in [5.74, 6) is 0.138. The van der Waals surface area contributed by atoms with Crippen molar-refractivity contribution in [1.82, 2.24) is 9.55 Å². The Balaban J connectivity index is 1.57. The molecule has 0 aliphatic heterocycles. The number of thiophene rings is 1. The molecular formula is C30H31ClN2O5S. The van der Waals surface area contributed by atoms with Crippen LogP contribution < -0.4 is 0 Å². The Bertz CT molecular complexity index is 1440. The molecule has 2 aromatic carbocycles. The summed E-state index contributed by atoms with van der Waals surface area (Å²) in [6.45, 7) is 3.17. The lowest BCUT2D eigenvalue weighted by molar-refractivity contribution is 0.0584. The zero-order chi connectivity index (χ0) is 27.8.